The van der Waals surface area contributed by atoms with Crippen LogP contribution in [-0.4, -0.2) is 14.9 Å². The number of rotatable bonds is 2. The smallest absolute Gasteiger partial charge is 0.168 e. The van der Waals surface area contributed by atoms with Crippen LogP contribution in [0.25, 0.3) is 0 Å². The summed E-state index contributed by atoms with van der Waals surface area (Å²) >= 11 is 9.25. The molecule has 1 aromatic carbocycles. The van der Waals surface area contributed by atoms with Crippen molar-refractivity contribution in [3.8, 4) is 5.75 Å². The average molecular weight is 288 g/mol. The van der Waals surface area contributed by atoms with E-state index in [1.54, 1.807) is 4.68 Å². The average Bonchev–Trinajstić information content (AvgIpc) is 2.53. The monoisotopic (exact) mass is 286 g/mol. The normalized spacial score (nSPS) is 10.5. The second-order valence-corrected chi connectivity index (χ2v) is 4.23. The van der Waals surface area contributed by atoms with Crippen molar-refractivity contribution in [1.29, 1.82) is 0 Å². The van der Waals surface area contributed by atoms with E-state index in [1.165, 1.54) is 6.20 Å². The molecule has 0 saturated heterocycles. The molecule has 1 heterocycles. The van der Waals surface area contributed by atoms with Gasteiger partial charge in [-0.2, -0.15) is 5.10 Å². The highest BCUT2D eigenvalue weighted by atomic mass is 79.9. The fourth-order valence-corrected chi connectivity index (χ4v) is 1.77. The summed E-state index contributed by atoms with van der Waals surface area (Å²) < 4.78 is 2.19. The van der Waals surface area contributed by atoms with Crippen LogP contribution in [0.3, 0.4) is 0 Å². The summed E-state index contributed by atoms with van der Waals surface area (Å²) in [5, 5.41) is 14.0. The summed E-state index contributed by atoms with van der Waals surface area (Å²) in [4.78, 5) is 0. The van der Waals surface area contributed by atoms with E-state index >= 15 is 0 Å². The third-order valence-electron chi connectivity index (χ3n) is 2.04. The third-order valence-corrected chi connectivity index (χ3v) is 3.22. The summed E-state index contributed by atoms with van der Waals surface area (Å²) in [5.74, 6) is 0.127. The van der Waals surface area contributed by atoms with Crippen LogP contribution in [0.2, 0.25) is 5.02 Å². The zero-order chi connectivity index (χ0) is 10.8. The second kappa shape index (κ2) is 4.24. The molecule has 0 fully saturated rings. The van der Waals surface area contributed by atoms with E-state index in [4.69, 9.17) is 11.6 Å². The first kappa shape index (κ1) is 10.5. The molecule has 0 saturated carbocycles. The number of aromatic hydroxyl groups is 1. The first-order valence-electron chi connectivity index (χ1n) is 4.32. The summed E-state index contributed by atoms with van der Waals surface area (Å²) in [6, 6.07) is 7.54. The van der Waals surface area contributed by atoms with Crippen molar-refractivity contribution in [2.75, 3.05) is 0 Å². The Bertz CT molecular complexity index is 484. The van der Waals surface area contributed by atoms with Gasteiger partial charge in [0.15, 0.2) is 5.75 Å². The molecule has 1 N–H and O–H groups in total. The number of hydrogen-bond acceptors (Lipinski definition) is 2. The van der Waals surface area contributed by atoms with Crippen molar-refractivity contribution in [3.63, 3.8) is 0 Å². The van der Waals surface area contributed by atoms with Gasteiger partial charge in [0.1, 0.15) is 4.60 Å². The minimum absolute atomic E-state index is 0.127. The molecular weight excluding hydrogens is 279 g/mol. The summed E-state index contributed by atoms with van der Waals surface area (Å²) in [6.45, 7) is 0.529. The van der Waals surface area contributed by atoms with Gasteiger partial charge in [0.05, 0.1) is 12.7 Å². The van der Waals surface area contributed by atoms with Crippen LogP contribution in [0.1, 0.15) is 5.56 Å². The van der Waals surface area contributed by atoms with Gasteiger partial charge in [0.2, 0.25) is 0 Å². The first-order valence-corrected chi connectivity index (χ1v) is 5.49. The van der Waals surface area contributed by atoms with Gasteiger partial charge < -0.3 is 5.11 Å². The lowest BCUT2D eigenvalue weighted by Crippen LogP contribution is -2.02. The first-order chi connectivity index (χ1) is 7.18. The van der Waals surface area contributed by atoms with Crippen LogP contribution < -0.4 is 0 Å². The molecule has 0 aliphatic heterocycles. The fraction of sp³-hybridized carbons (Fsp3) is 0.100. The van der Waals surface area contributed by atoms with Crippen molar-refractivity contribution < 1.29 is 5.11 Å². The molecule has 5 heteroatoms. The predicted octanol–water partition coefficient (Wildman–Crippen LogP) is 3.05. The summed E-state index contributed by atoms with van der Waals surface area (Å²) in [6.07, 6.45) is 1.39. The molecule has 0 aliphatic rings. The molecule has 1 aromatic heterocycles. The van der Waals surface area contributed by atoms with Gasteiger partial charge in [0.25, 0.3) is 0 Å². The van der Waals surface area contributed by atoms with Gasteiger partial charge in [-0.05, 0) is 27.6 Å². The van der Waals surface area contributed by atoms with E-state index in [9.17, 15) is 5.11 Å². The van der Waals surface area contributed by atoms with Gasteiger partial charge >= 0.3 is 0 Å². The standard InChI is InChI=1S/C10H8BrClN2O/c11-10-9(15)5-13-14(10)6-7-3-1-2-4-8(7)12/h1-5,15H,6H2. The Morgan fingerprint density at radius 2 is 2.13 bits per heavy atom. The molecule has 0 amide bonds. The van der Waals surface area contributed by atoms with Crippen molar-refractivity contribution in [3.05, 3.63) is 45.7 Å². The molecule has 0 bridgehead atoms. The van der Waals surface area contributed by atoms with Crippen molar-refractivity contribution in [1.82, 2.24) is 9.78 Å². The topological polar surface area (TPSA) is 38.1 Å². The maximum Gasteiger partial charge on any atom is 0.168 e. The molecule has 0 atom stereocenters. The van der Waals surface area contributed by atoms with E-state index in [0.717, 1.165) is 5.56 Å². The molecule has 0 aliphatic carbocycles. The largest absolute Gasteiger partial charge is 0.504 e. The molecule has 3 nitrogen and oxygen atoms in total. The van der Waals surface area contributed by atoms with Crippen LogP contribution in [0.5, 0.6) is 5.75 Å². The van der Waals surface area contributed by atoms with E-state index in [2.05, 4.69) is 21.0 Å². The van der Waals surface area contributed by atoms with Crippen LogP contribution in [0.4, 0.5) is 0 Å². The van der Waals surface area contributed by atoms with Crippen molar-refractivity contribution in [2.45, 2.75) is 6.54 Å². The number of benzene rings is 1. The van der Waals surface area contributed by atoms with E-state index in [-0.39, 0.29) is 5.75 Å². The second-order valence-electron chi connectivity index (χ2n) is 3.07. The van der Waals surface area contributed by atoms with Crippen LogP contribution >= 0.6 is 27.5 Å². The van der Waals surface area contributed by atoms with E-state index < -0.39 is 0 Å². The van der Waals surface area contributed by atoms with Crippen LogP contribution in [-0.2, 0) is 6.54 Å². The number of halogens is 2. The molecule has 2 aromatic rings. The van der Waals surface area contributed by atoms with Gasteiger partial charge in [-0.1, -0.05) is 29.8 Å². The van der Waals surface area contributed by atoms with Gasteiger partial charge in [-0.15, -0.1) is 0 Å². The maximum absolute atomic E-state index is 9.32. The molecule has 0 unspecified atom stereocenters. The van der Waals surface area contributed by atoms with Crippen LogP contribution in [0.15, 0.2) is 35.1 Å². The molecule has 15 heavy (non-hydrogen) atoms. The lowest BCUT2D eigenvalue weighted by atomic mass is 10.2. The van der Waals surface area contributed by atoms with Crippen molar-refractivity contribution >= 4 is 27.5 Å². The Labute approximate surface area is 100 Å². The highest BCUT2D eigenvalue weighted by molar-refractivity contribution is 9.10. The minimum atomic E-state index is 0.127. The number of nitrogens with zero attached hydrogens (tertiary/aromatic N) is 2. The van der Waals surface area contributed by atoms with E-state index in [1.807, 2.05) is 24.3 Å². The Balaban J connectivity index is 2.30. The molecule has 0 spiro atoms. The fourth-order valence-electron chi connectivity index (χ4n) is 1.26. The summed E-state index contributed by atoms with van der Waals surface area (Å²) in [5.41, 5.74) is 0.961. The maximum atomic E-state index is 9.32. The Hall–Kier alpha value is -1.000. The Morgan fingerprint density at radius 3 is 2.73 bits per heavy atom. The minimum Gasteiger partial charge on any atom is -0.504 e. The highest BCUT2D eigenvalue weighted by Crippen LogP contribution is 2.24. The molecule has 0 radical (unpaired) electrons. The third kappa shape index (κ3) is 2.16. The molecular formula is C10H8BrClN2O. The lowest BCUT2D eigenvalue weighted by molar-refractivity contribution is 0.469. The quantitative estimate of drug-likeness (QED) is 0.922. The van der Waals surface area contributed by atoms with Crippen LogP contribution in [0, 0.1) is 0 Å². The van der Waals surface area contributed by atoms with Gasteiger partial charge in [-0.3, -0.25) is 4.68 Å². The Morgan fingerprint density at radius 1 is 1.40 bits per heavy atom. The van der Waals surface area contributed by atoms with Gasteiger partial charge in [0, 0.05) is 5.02 Å². The van der Waals surface area contributed by atoms with Gasteiger partial charge in [-0.25, -0.2) is 0 Å². The highest BCUT2D eigenvalue weighted by Gasteiger charge is 2.07. The SMILES string of the molecule is Oc1cnn(Cc2ccccc2Cl)c1Br. The zero-order valence-corrected chi connectivity index (χ0v) is 10.0. The predicted molar refractivity (Wildman–Crippen MR) is 62.1 cm³/mol. The summed E-state index contributed by atoms with van der Waals surface area (Å²) in [7, 11) is 0. The lowest BCUT2D eigenvalue weighted by Gasteiger charge is -2.05. The van der Waals surface area contributed by atoms with Crippen molar-refractivity contribution in [2.24, 2.45) is 0 Å². The zero-order valence-electron chi connectivity index (χ0n) is 7.69. The molecule has 78 valence electrons. The van der Waals surface area contributed by atoms with E-state index in [0.29, 0.717) is 16.2 Å². The number of hydrogen-bond donors (Lipinski definition) is 1. The molecule has 2 rings (SSSR count). The Kier molecular flexibility index (Phi) is 2.98. The number of aromatic nitrogens is 2.